The maximum atomic E-state index is 12.2. The molecule has 5 nitrogen and oxygen atoms in total. The minimum absolute atomic E-state index is 0.00524. The fourth-order valence-corrected chi connectivity index (χ4v) is 2.77. The number of pyridine rings is 1. The summed E-state index contributed by atoms with van der Waals surface area (Å²) in [7, 11) is 0. The van der Waals surface area contributed by atoms with Crippen LogP contribution in [0.25, 0.3) is 0 Å². The highest BCUT2D eigenvalue weighted by molar-refractivity contribution is 6.52. The summed E-state index contributed by atoms with van der Waals surface area (Å²) in [6.45, 7) is 0.428. The van der Waals surface area contributed by atoms with Crippen molar-refractivity contribution in [2.75, 3.05) is 6.79 Å². The first-order chi connectivity index (χ1) is 11.0. The van der Waals surface area contributed by atoms with Gasteiger partial charge in [0.05, 0.1) is 15.1 Å². The average molecular weight is 394 g/mol. The van der Waals surface area contributed by atoms with Crippen molar-refractivity contribution < 1.29 is 14.3 Å². The number of carbonyl (C=O) groups is 1. The van der Waals surface area contributed by atoms with Gasteiger partial charge in [0.25, 0.3) is 5.91 Å². The maximum Gasteiger partial charge on any atom is 0.271 e. The molecular formula is C14H8Cl4N2O3. The number of hydrogen-bond donors (Lipinski definition) is 1. The molecule has 0 bridgehead atoms. The summed E-state index contributed by atoms with van der Waals surface area (Å²) < 4.78 is 10.5. The standard InChI is InChI=1S/C14H8Cl4N2O3/c15-9-10(16)12(20-13(18)11(9)17)14(21)19-4-6-1-2-7-8(3-6)23-5-22-7/h1-3H,4-5H2,(H,19,21). The minimum atomic E-state index is -0.520. The Morgan fingerprint density at radius 1 is 1.09 bits per heavy atom. The Morgan fingerprint density at radius 2 is 1.83 bits per heavy atom. The molecule has 0 radical (unpaired) electrons. The number of fused-ring (bicyclic) bond motifs is 1. The van der Waals surface area contributed by atoms with Crippen LogP contribution in [0.15, 0.2) is 18.2 Å². The van der Waals surface area contributed by atoms with Crippen molar-refractivity contribution in [3.8, 4) is 11.5 Å². The largest absolute Gasteiger partial charge is 0.454 e. The Balaban J connectivity index is 1.75. The van der Waals surface area contributed by atoms with E-state index in [1.54, 1.807) is 12.1 Å². The van der Waals surface area contributed by atoms with Crippen LogP contribution in [-0.2, 0) is 6.54 Å². The second-order valence-electron chi connectivity index (χ2n) is 4.56. The number of amides is 1. The van der Waals surface area contributed by atoms with Gasteiger partial charge in [-0.1, -0.05) is 52.5 Å². The molecule has 2 heterocycles. The van der Waals surface area contributed by atoms with E-state index >= 15 is 0 Å². The molecule has 1 N–H and O–H groups in total. The van der Waals surface area contributed by atoms with Crippen LogP contribution in [0.3, 0.4) is 0 Å². The van der Waals surface area contributed by atoms with Gasteiger partial charge in [-0.15, -0.1) is 0 Å². The Labute approximate surface area is 151 Å². The monoisotopic (exact) mass is 392 g/mol. The summed E-state index contributed by atoms with van der Waals surface area (Å²) in [5, 5.41) is 2.53. The highest BCUT2D eigenvalue weighted by Crippen LogP contribution is 2.36. The van der Waals surface area contributed by atoms with Crippen molar-refractivity contribution >= 4 is 52.3 Å². The number of rotatable bonds is 3. The van der Waals surface area contributed by atoms with Crippen molar-refractivity contribution in [3.63, 3.8) is 0 Å². The van der Waals surface area contributed by atoms with Gasteiger partial charge in [-0.2, -0.15) is 0 Å². The Kier molecular flexibility index (Phi) is 4.73. The number of hydrogen-bond acceptors (Lipinski definition) is 4. The molecule has 3 rings (SSSR count). The van der Waals surface area contributed by atoms with E-state index in [4.69, 9.17) is 55.9 Å². The number of nitrogens with zero attached hydrogens (tertiary/aromatic N) is 1. The molecule has 120 valence electrons. The zero-order chi connectivity index (χ0) is 16.6. The van der Waals surface area contributed by atoms with Gasteiger partial charge in [0.2, 0.25) is 6.79 Å². The molecule has 0 spiro atoms. The van der Waals surface area contributed by atoms with Gasteiger partial charge in [0.15, 0.2) is 11.5 Å². The van der Waals surface area contributed by atoms with Crippen molar-refractivity contribution in [3.05, 3.63) is 49.7 Å². The summed E-state index contributed by atoms with van der Waals surface area (Å²) in [4.78, 5) is 16.1. The van der Waals surface area contributed by atoms with Crippen LogP contribution in [0, 0.1) is 0 Å². The van der Waals surface area contributed by atoms with E-state index < -0.39 is 5.91 Å². The molecular weight excluding hydrogens is 386 g/mol. The number of benzene rings is 1. The number of halogens is 4. The van der Waals surface area contributed by atoms with E-state index in [0.29, 0.717) is 11.5 Å². The van der Waals surface area contributed by atoms with Gasteiger partial charge in [-0.25, -0.2) is 4.98 Å². The molecule has 1 amide bonds. The topological polar surface area (TPSA) is 60.5 Å². The Bertz CT molecular complexity index is 798. The van der Waals surface area contributed by atoms with Crippen LogP contribution in [0.4, 0.5) is 0 Å². The molecule has 0 saturated heterocycles. The maximum absolute atomic E-state index is 12.2. The number of aromatic nitrogens is 1. The molecule has 1 aliphatic heterocycles. The van der Waals surface area contributed by atoms with Gasteiger partial charge >= 0.3 is 0 Å². The molecule has 0 saturated carbocycles. The van der Waals surface area contributed by atoms with E-state index in [1.165, 1.54) is 0 Å². The molecule has 1 aliphatic rings. The fraction of sp³-hybridized carbons (Fsp3) is 0.143. The molecule has 9 heteroatoms. The van der Waals surface area contributed by atoms with Crippen LogP contribution >= 0.6 is 46.4 Å². The molecule has 2 aromatic rings. The predicted octanol–water partition coefficient (Wildman–Crippen LogP) is 4.35. The second-order valence-corrected chi connectivity index (χ2v) is 6.06. The lowest BCUT2D eigenvalue weighted by atomic mass is 10.2. The SMILES string of the molecule is O=C(NCc1ccc2c(c1)OCO2)c1nc(Cl)c(Cl)c(Cl)c1Cl. The zero-order valence-electron chi connectivity index (χ0n) is 11.3. The van der Waals surface area contributed by atoms with E-state index in [9.17, 15) is 4.79 Å². The Morgan fingerprint density at radius 3 is 2.61 bits per heavy atom. The third-order valence-corrected chi connectivity index (χ3v) is 4.77. The first kappa shape index (κ1) is 16.5. The average Bonchev–Trinajstić information content (AvgIpc) is 3.01. The van der Waals surface area contributed by atoms with E-state index in [2.05, 4.69) is 10.3 Å². The normalized spacial score (nSPS) is 12.3. The summed E-state index contributed by atoms with van der Waals surface area (Å²) in [5.74, 6) is 0.777. The summed E-state index contributed by atoms with van der Waals surface area (Å²) in [6, 6.07) is 5.36. The molecule has 23 heavy (non-hydrogen) atoms. The first-order valence-electron chi connectivity index (χ1n) is 6.34. The number of carbonyl (C=O) groups excluding carboxylic acids is 1. The lowest BCUT2D eigenvalue weighted by Gasteiger charge is -2.09. The first-order valence-corrected chi connectivity index (χ1v) is 7.85. The molecule has 0 fully saturated rings. The van der Waals surface area contributed by atoms with Gasteiger partial charge in [-0.05, 0) is 17.7 Å². The van der Waals surface area contributed by atoms with E-state index in [0.717, 1.165) is 5.56 Å². The van der Waals surface area contributed by atoms with Crippen LogP contribution in [-0.4, -0.2) is 17.7 Å². The highest BCUT2D eigenvalue weighted by atomic mass is 35.5. The Hall–Kier alpha value is -1.40. The van der Waals surface area contributed by atoms with Crippen molar-refractivity contribution in [1.29, 1.82) is 0 Å². The van der Waals surface area contributed by atoms with Crippen LogP contribution in [0.1, 0.15) is 16.1 Å². The fourth-order valence-electron chi connectivity index (χ4n) is 1.95. The minimum Gasteiger partial charge on any atom is -0.454 e. The number of ether oxygens (including phenoxy) is 2. The molecule has 0 unspecified atom stereocenters. The van der Waals surface area contributed by atoms with Crippen molar-refractivity contribution in [2.24, 2.45) is 0 Å². The quantitative estimate of drug-likeness (QED) is 0.787. The number of nitrogens with one attached hydrogen (secondary N) is 1. The highest BCUT2D eigenvalue weighted by Gasteiger charge is 2.20. The second kappa shape index (κ2) is 6.61. The van der Waals surface area contributed by atoms with Gasteiger partial charge in [0.1, 0.15) is 10.8 Å². The third kappa shape index (κ3) is 3.28. The summed E-state index contributed by atoms with van der Waals surface area (Å²) >= 11 is 23.5. The molecule has 0 aliphatic carbocycles. The van der Waals surface area contributed by atoms with Gasteiger partial charge < -0.3 is 14.8 Å². The smallest absolute Gasteiger partial charge is 0.271 e. The van der Waals surface area contributed by atoms with Crippen molar-refractivity contribution in [2.45, 2.75) is 6.54 Å². The van der Waals surface area contributed by atoms with Crippen LogP contribution in [0.5, 0.6) is 11.5 Å². The summed E-state index contributed by atoms with van der Waals surface area (Å²) in [5.41, 5.74) is 0.733. The van der Waals surface area contributed by atoms with Gasteiger partial charge in [-0.3, -0.25) is 4.79 Å². The lowest BCUT2D eigenvalue weighted by Crippen LogP contribution is -2.24. The predicted molar refractivity (Wildman–Crippen MR) is 88.0 cm³/mol. The zero-order valence-corrected chi connectivity index (χ0v) is 14.4. The third-order valence-electron chi connectivity index (χ3n) is 3.09. The lowest BCUT2D eigenvalue weighted by molar-refractivity contribution is 0.0946. The van der Waals surface area contributed by atoms with Crippen molar-refractivity contribution in [1.82, 2.24) is 10.3 Å². The van der Waals surface area contributed by atoms with Crippen LogP contribution < -0.4 is 14.8 Å². The molecule has 1 aromatic carbocycles. The summed E-state index contributed by atoms with van der Waals surface area (Å²) in [6.07, 6.45) is 0. The van der Waals surface area contributed by atoms with Gasteiger partial charge in [0, 0.05) is 6.54 Å². The molecule has 0 atom stereocenters. The molecule has 1 aromatic heterocycles. The van der Waals surface area contributed by atoms with E-state index in [1.807, 2.05) is 6.07 Å². The van der Waals surface area contributed by atoms with E-state index in [-0.39, 0.29) is 39.3 Å². The van der Waals surface area contributed by atoms with Crippen LogP contribution in [0.2, 0.25) is 20.2 Å².